The van der Waals surface area contributed by atoms with Gasteiger partial charge in [-0.05, 0) is 31.9 Å². The van der Waals surface area contributed by atoms with Gasteiger partial charge in [0.1, 0.15) is 0 Å². The summed E-state index contributed by atoms with van der Waals surface area (Å²) in [5, 5.41) is 25.9. The van der Waals surface area contributed by atoms with E-state index in [1.807, 2.05) is 12.3 Å². The van der Waals surface area contributed by atoms with Crippen LogP contribution in [0.4, 0.5) is 0 Å². The van der Waals surface area contributed by atoms with E-state index in [2.05, 4.69) is 5.10 Å². The van der Waals surface area contributed by atoms with E-state index in [4.69, 9.17) is 4.99 Å². The third kappa shape index (κ3) is 3.64. The maximum absolute atomic E-state index is 9.85. The van der Waals surface area contributed by atoms with Gasteiger partial charge in [-0.2, -0.15) is 5.10 Å². The minimum Gasteiger partial charge on any atom is -0.504 e. The molecule has 0 aliphatic heterocycles. The van der Waals surface area contributed by atoms with E-state index in [0.717, 1.165) is 23.3 Å². The fraction of sp³-hybridized carbons (Fsp3) is 0.412. The van der Waals surface area contributed by atoms with Crippen LogP contribution in [0.15, 0.2) is 33.7 Å². The molecule has 1 aromatic carbocycles. The second-order valence-corrected chi connectivity index (χ2v) is 6.69. The van der Waals surface area contributed by atoms with Gasteiger partial charge in [0.15, 0.2) is 11.5 Å². The molecule has 0 bridgehead atoms. The van der Waals surface area contributed by atoms with Crippen LogP contribution >= 0.6 is 11.3 Å². The first-order chi connectivity index (χ1) is 11.1. The smallest absolute Gasteiger partial charge is 0.206 e. The molecule has 0 spiro atoms. The van der Waals surface area contributed by atoms with E-state index in [0.29, 0.717) is 11.6 Å². The Kier molecular flexibility index (Phi) is 4.81. The lowest BCUT2D eigenvalue weighted by molar-refractivity contribution is 0.403. The summed E-state index contributed by atoms with van der Waals surface area (Å²) in [6.45, 7) is 1.98. The van der Waals surface area contributed by atoms with E-state index < -0.39 is 0 Å². The summed E-state index contributed by atoms with van der Waals surface area (Å²) in [5.74, 6) is -0.302. The number of phenols is 2. The van der Waals surface area contributed by atoms with Crippen LogP contribution < -0.4 is 4.80 Å². The highest BCUT2D eigenvalue weighted by Gasteiger charge is 2.12. The molecule has 0 unspecified atom stereocenters. The summed E-state index contributed by atoms with van der Waals surface area (Å²) in [5.41, 5.74) is 1.48. The van der Waals surface area contributed by atoms with Crippen molar-refractivity contribution in [3.63, 3.8) is 0 Å². The monoisotopic (exact) mass is 331 g/mol. The lowest BCUT2D eigenvalue weighted by atomic mass is 9.96. The molecule has 0 amide bonds. The molecule has 3 rings (SSSR count). The molecule has 5 nitrogen and oxygen atoms in total. The highest BCUT2D eigenvalue weighted by molar-refractivity contribution is 7.07. The number of para-hydroxylation sites is 1. The van der Waals surface area contributed by atoms with Crippen LogP contribution in [0.2, 0.25) is 0 Å². The molecule has 1 aliphatic rings. The largest absolute Gasteiger partial charge is 0.504 e. The molecule has 1 fully saturated rings. The van der Waals surface area contributed by atoms with Gasteiger partial charge in [0, 0.05) is 10.9 Å². The quantitative estimate of drug-likeness (QED) is 0.668. The van der Waals surface area contributed by atoms with Crippen LogP contribution in [0, 0.1) is 6.92 Å². The topological polar surface area (TPSA) is 70.1 Å². The summed E-state index contributed by atoms with van der Waals surface area (Å²) in [6.07, 6.45) is 7.65. The van der Waals surface area contributed by atoms with Crippen molar-refractivity contribution in [1.29, 1.82) is 0 Å². The van der Waals surface area contributed by atoms with Crippen molar-refractivity contribution in [2.24, 2.45) is 10.1 Å². The predicted octanol–water partition coefficient (Wildman–Crippen LogP) is 3.38. The zero-order valence-corrected chi connectivity index (χ0v) is 14.0. The maximum atomic E-state index is 9.85. The number of aryl methyl sites for hydroxylation is 1. The van der Waals surface area contributed by atoms with E-state index in [1.54, 1.807) is 34.4 Å². The van der Waals surface area contributed by atoms with Crippen LogP contribution in [0.25, 0.3) is 0 Å². The minimum absolute atomic E-state index is 0.145. The number of rotatable bonds is 3. The number of hydrogen-bond acceptors (Lipinski definition) is 5. The minimum atomic E-state index is -0.157. The zero-order chi connectivity index (χ0) is 16.2. The molecule has 2 N–H and O–H groups in total. The van der Waals surface area contributed by atoms with Gasteiger partial charge in [-0.3, -0.25) is 4.99 Å². The molecular weight excluding hydrogens is 310 g/mol. The van der Waals surface area contributed by atoms with E-state index in [-0.39, 0.29) is 11.5 Å². The van der Waals surface area contributed by atoms with Gasteiger partial charge in [0.25, 0.3) is 0 Å². The standard InChI is InChI=1S/C17H21N3O2S/c1-12-11-23-17(19-14-7-3-2-4-8-14)20(12)18-10-13-6-5-9-15(21)16(13)22/h5-6,9-11,14,21-22H,2-4,7-8H2,1H3. The van der Waals surface area contributed by atoms with Gasteiger partial charge in [0.05, 0.1) is 18.0 Å². The molecule has 23 heavy (non-hydrogen) atoms. The van der Waals surface area contributed by atoms with Gasteiger partial charge >= 0.3 is 0 Å². The Morgan fingerprint density at radius 2 is 2.00 bits per heavy atom. The van der Waals surface area contributed by atoms with Crippen LogP contribution in [-0.2, 0) is 0 Å². The number of phenolic OH excluding ortho intramolecular Hbond substituents is 2. The highest BCUT2D eigenvalue weighted by Crippen LogP contribution is 2.26. The Hall–Kier alpha value is -2.08. The molecule has 1 saturated carbocycles. The van der Waals surface area contributed by atoms with Crippen LogP contribution in [0.5, 0.6) is 11.5 Å². The number of thiazole rings is 1. The van der Waals surface area contributed by atoms with Crippen molar-refractivity contribution in [2.45, 2.75) is 45.1 Å². The van der Waals surface area contributed by atoms with Crippen LogP contribution in [0.1, 0.15) is 43.4 Å². The summed E-state index contributed by atoms with van der Waals surface area (Å²) in [4.78, 5) is 5.73. The van der Waals surface area contributed by atoms with Crippen molar-refractivity contribution >= 4 is 17.6 Å². The first-order valence-electron chi connectivity index (χ1n) is 7.91. The number of aromatic hydroxyl groups is 2. The lowest BCUT2D eigenvalue weighted by Crippen LogP contribution is -2.19. The van der Waals surface area contributed by atoms with Gasteiger partial charge < -0.3 is 10.2 Å². The third-order valence-corrected chi connectivity index (χ3v) is 5.02. The molecule has 2 aromatic rings. The Morgan fingerprint density at radius 1 is 1.22 bits per heavy atom. The Balaban J connectivity index is 1.91. The zero-order valence-electron chi connectivity index (χ0n) is 13.1. The van der Waals surface area contributed by atoms with Gasteiger partial charge in [-0.1, -0.05) is 25.3 Å². The SMILES string of the molecule is Cc1csc(=NC2CCCCC2)n1N=Cc1cccc(O)c1O. The highest BCUT2D eigenvalue weighted by atomic mass is 32.1. The van der Waals surface area contributed by atoms with Crippen molar-refractivity contribution in [3.05, 3.63) is 39.6 Å². The summed E-state index contributed by atoms with van der Waals surface area (Å²) in [6, 6.07) is 5.21. The fourth-order valence-electron chi connectivity index (χ4n) is 2.75. The van der Waals surface area contributed by atoms with Crippen LogP contribution in [-0.4, -0.2) is 27.1 Å². The molecule has 0 saturated heterocycles. The Morgan fingerprint density at radius 3 is 2.78 bits per heavy atom. The van der Waals surface area contributed by atoms with Crippen molar-refractivity contribution < 1.29 is 10.2 Å². The molecule has 0 radical (unpaired) electrons. The molecule has 1 aliphatic carbocycles. The molecule has 1 heterocycles. The Labute approximate surface area is 139 Å². The maximum Gasteiger partial charge on any atom is 0.206 e. The number of hydrogen-bond donors (Lipinski definition) is 2. The normalized spacial score (nSPS) is 17.2. The van der Waals surface area contributed by atoms with Gasteiger partial charge in [0.2, 0.25) is 4.80 Å². The molecular formula is C17H21N3O2S. The molecule has 122 valence electrons. The second kappa shape index (κ2) is 7.00. The number of benzene rings is 1. The predicted molar refractivity (Wildman–Crippen MR) is 92.2 cm³/mol. The van der Waals surface area contributed by atoms with E-state index in [1.165, 1.54) is 25.3 Å². The van der Waals surface area contributed by atoms with Crippen molar-refractivity contribution in [3.8, 4) is 11.5 Å². The Bertz CT molecular complexity index is 770. The molecule has 1 aromatic heterocycles. The first kappa shape index (κ1) is 15.8. The van der Waals surface area contributed by atoms with Gasteiger partial charge in [-0.25, -0.2) is 4.68 Å². The average molecular weight is 331 g/mol. The van der Waals surface area contributed by atoms with E-state index >= 15 is 0 Å². The van der Waals surface area contributed by atoms with Gasteiger partial charge in [-0.15, -0.1) is 11.3 Å². The molecule has 6 heteroatoms. The van der Waals surface area contributed by atoms with Crippen molar-refractivity contribution in [2.75, 3.05) is 0 Å². The van der Waals surface area contributed by atoms with Crippen LogP contribution in [0.3, 0.4) is 0 Å². The first-order valence-corrected chi connectivity index (χ1v) is 8.79. The summed E-state index contributed by atoms with van der Waals surface area (Å²) < 4.78 is 1.79. The summed E-state index contributed by atoms with van der Waals surface area (Å²) in [7, 11) is 0. The third-order valence-electron chi connectivity index (χ3n) is 4.08. The molecule has 0 atom stereocenters. The van der Waals surface area contributed by atoms with Crippen molar-refractivity contribution in [1.82, 2.24) is 4.68 Å². The second-order valence-electron chi connectivity index (χ2n) is 5.85. The summed E-state index contributed by atoms with van der Waals surface area (Å²) >= 11 is 1.58. The number of nitrogens with zero attached hydrogens (tertiary/aromatic N) is 3. The van der Waals surface area contributed by atoms with E-state index in [9.17, 15) is 10.2 Å². The average Bonchev–Trinajstić information content (AvgIpc) is 2.90. The lowest BCUT2D eigenvalue weighted by Gasteiger charge is -2.16. The number of aromatic nitrogens is 1. The fourth-order valence-corrected chi connectivity index (χ4v) is 3.63.